The average molecular weight is 167 g/mol. The van der Waals surface area contributed by atoms with Crippen LogP contribution in [-0.4, -0.2) is 6.04 Å². The Bertz CT molecular complexity index is 230. The second-order valence-electron chi connectivity index (χ2n) is 2.96. The Hall–Kier alpha value is -1.05. The van der Waals surface area contributed by atoms with Crippen molar-refractivity contribution in [1.29, 1.82) is 0 Å². The Labute approximate surface area is 72.6 Å². The van der Waals surface area contributed by atoms with E-state index >= 15 is 0 Å². The molecule has 1 nitrogen and oxygen atoms in total. The maximum atomic E-state index is 12.5. The molecule has 0 aliphatic rings. The first kappa shape index (κ1) is 9.04. The van der Waals surface area contributed by atoms with Crippen molar-refractivity contribution in [3.63, 3.8) is 0 Å². The lowest BCUT2D eigenvalue weighted by Crippen LogP contribution is -2.12. The number of hydrogen-bond acceptors (Lipinski definition) is 1. The van der Waals surface area contributed by atoms with E-state index in [4.69, 9.17) is 0 Å². The van der Waals surface area contributed by atoms with Gasteiger partial charge in [0.05, 0.1) is 0 Å². The molecule has 0 amide bonds. The van der Waals surface area contributed by atoms with Crippen molar-refractivity contribution in [2.75, 3.05) is 5.32 Å². The summed E-state index contributed by atoms with van der Waals surface area (Å²) in [5, 5.41) is 3.25. The highest BCUT2D eigenvalue weighted by molar-refractivity contribution is 5.43. The van der Waals surface area contributed by atoms with Gasteiger partial charge < -0.3 is 5.32 Å². The second kappa shape index (κ2) is 4.10. The van der Waals surface area contributed by atoms with Crippen LogP contribution in [0.15, 0.2) is 24.3 Å². The third kappa shape index (κ3) is 2.53. The van der Waals surface area contributed by atoms with Crippen LogP contribution in [-0.2, 0) is 0 Å². The van der Waals surface area contributed by atoms with Crippen LogP contribution >= 0.6 is 0 Å². The van der Waals surface area contributed by atoms with E-state index < -0.39 is 0 Å². The normalized spacial score (nSPS) is 12.6. The monoisotopic (exact) mass is 167 g/mol. The fourth-order valence-corrected chi connectivity index (χ4v) is 0.933. The quantitative estimate of drug-likeness (QED) is 0.729. The minimum atomic E-state index is -0.190. The fourth-order valence-electron chi connectivity index (χ4n) is 0.933. The molecule has 0 spiro atoms. The number of hydrogen-bond donors (Lipinski definition) is 1. The fraction of sp³-hybridized carbons (Fsp3) is 0.400. The van der Waals surface area contributed by atoms with Gasteiger partial charge in [-0.05, 0) is 37.6 Å². The number of benzene rings is 1. The van der Waals surface area contributed by atoms with Crippen LogP contribution in [0.5, 0.6) is 0 Å². The lowest BCUT2D eigenvalue weighted by Gasteiger charge is -2.12. The summed E-state index contributed by atoms with van der Waals surface area (Å²) < 4.78 is 12.5. The van der Waals surface area contributed by atoms with E-state index in [1.54, 1.807) is 12.1 Å². The standard InChI is InChI=1S/C10H14FN/c1-3-8(2)12-10-6-4-9(11)5-7-10/h4-8,12H,3H2,1-2H3/t8-/m0/s1. The second-order valence-corrected chi connectivity index (χ2v) is 2.96. The first-order valence-electron chi connectivity index (χ1n) is 4.24. The molecule has 0 fully saturated rings. The molecular weight excluding hydrogens is 153 g/mol. The molecule has 0 saturated heterocycles. The summed E-state index contributed by atoms with van der Waals surface area (Å²) in [6, 6.07) is 6.87. The molecule has 1 aromatic rings. The molecule has 1 rings (SSSR count). The molecular formula is C10H14FN. The van der Waals surface area contributed by atoms with Crippen molar-refractivity contribution in [1.82, 2.24) is 0 Å². The molecule has 12 heavy (non-hydrogen) atoms. The van der Waals surface area contributed by atoms with Crippen LogP contribution in [0.2, 0.25) is 0 Å². The number of rotatable bonds is 3. The molecule has 0 heterocycles. The molecule has 1 aromatic carbocycles. The average Bonchev–Trinajstić information content (AvgIpc) is 2.09. The van der Waals surface area contributed by atoms with Gasteiger partial charge in [-0.3, -0.25) is 0 Å². The van der Waals surface area contributed by atoms with Crippen LogP contribution in [0.25, 0.3) is 0 Å². The zero-order valence-electron chi connectivity index (χ0n) is 7.47. The van der Waals surface area contributed by atoms with Crippen LogP contribution < -0.4 is 5.32 Å². The highest BCUT2D eigenvalue weighted by atomic mass is 19.1. The molecule has 0 bridgehead atoms. The van der Waals surface area contributed by atoms with E-state index in [0.29, 0.717) is 6.04 Å². The summed E-state index contributed by atoms with van der Waals surface area (Å²) in [7, 11) is 0. The number of anilines is 1. The Morgan fingerprint density at radius 3 is 2.42 bits per heavy atom. The molecule has 0 aromatic heterocycles. The van der Waals surface area contributed by atoms with E-state index in [2.05, 4.69) is 19.2 Å². The predicted octanol–water partition coefficient (Wildman–Crippen LogP) is 3.04. The first-order valence-corrected chi connectivity index (χ1v) is 4.24. The van der Waals surface area contributed by atoms with E-state index in [-0.39, 0.29) is 5.82 Å². The summed E-state index contributed by atoms with van der Waals surface area (Å²) in [4.78, 5) is 0. The lowest BCUT2D eigenvalue weighted by molar-refractivity contribution is 0.627. The number of nitrogens with one attached hydrogen (secondary N) is 1. The highest BCUT2D eigenvalue weighted by Crippen LogP contribution is 2.10. The lowest BCUT2D eigenvalue weighted by atomic mass is 10.2. The summed E-state index contributed by atoms with van der Waals surface area (Å²) in [6.45, 7) is 4.21. The molecule has 0 unspecified atom stereocenters. The van der Waals surface area contributed by atoms with Gasteiger partial charge >= 0.3 is 0 Å². The Kier molecular flexibility index (Phi) is 3.09. The van der Waals surface area contributed by atoms with Crippen molar-refractivity contribution in [3.8, 4) is 0 Å². The third-order valence-corrected chi connectivity index (χ3v) is 1.87. The topological polar surface area (TPSA) is 12.0 Å². The van der Waals surface area contributed by atoms with E-state index in [1.165, 1.54) is 12.1 Å². The summed E-state index contributed by atoms with van der Waals surface area (Å²) >= 11 is 0. The minimum Gasteiger partial charge on any atom is -0.383 e. The molecule has 0 saturated carbocycles. The van der Waals surface area contributed by atoms with Crippen LogP contribution in [0.3, 0.4) is 0 Å². The van der Waals surface area contributed by atoms with Gasteiger partial charge in [0.25, 0.3) is 0 Å². The SMILES string of the molecule is CC[C@H](C)Nc1ccc(F)cc1. The van der Waals surface area contributed by atoms with Crippen LogP contribution in [0.1, 0.15) is 20.3 Å². The van der Waals surface area contributed by atoms with Crippen molar-refractivity contribution in [2.45, 2.75) is 26.3 Å². The van der Waals surface area contributed by atoms with Crippen molar-refractivity contribution < 1.29 is 4.39 Å². The van der Waals surface area contributed by atoms with Gasteiger partial charge in [-0.25, -0.2) is 4.39 Å². The Morgan fingerprint density at radius 2 is 1.92 bits per heavy atom. The van der Waals surface area contributed by atoms with Crippen LogP contribution in [0.4, 0.5) is 10.1 Å². The molecule has 1 atom stereocenters. The van der Waals surface area contributed by atoms with Gasteiger partial charge in [0.2, 0.25) is 0 Å². The molecule has 0 aliphatic carbocycles. The Morgan fingerprint density at radius 1 is 1.33 bits per heavy atom. The zero-order chi connectivity index (χ0) is 8.97. The molecule has 1 N–H and O–H groups in total. The van der Waals surface area contributed by atoms with Gasteiger partial charge in [0.15, 0.2) is 0 Å². The first-order chi connectivity index (χ1) is 5.72. The summed E-state index contributed by atoms with van der Waals surface area (Å²) in [6.07, 6.45) is 1.07. The van der Waals surface area contributed by atoms with Crippen LogP contribution in [0, 0.1) is 5.82 Å². The maximum absolute atomic E-state index is 12.5. The maximum Gasteiger partial charge on any atom is 0.123 e. The molecule has 2 heteroatoms. The van der Waals surface area contributed by atoms with Gasteiger partial charge in [-0.1, -0.05) is 6.92 Å². The van der Waals surface area contributed by atoms with E-state index in [1.807, 2.05) is 0 Å². The highest BCUT2D eigenvalue weighted by Gasteiger charge is 1.97. The van der Waals surface area contributed by atoms with Gasteiger partial charge in [0, 0.05) is 11.7 Å². The summed E-state index contributed by atoms with van der Waals surface area (Å²) in [5.74, 6) is -0.190. The smallest absolute Gasteiger partial charge is 0.123 e. The van der Waals surface area contributed by atoms with E-state index in [9.17, 15) is 4.39 Å². The van der Waals surface area contributed by atoms with E-state index in [0.717, 1.165) is 12.1 Å². The summed E-state index contributed by atoms with van der Waals surface area (Å²) in [5.41, 5.74) is 0.978. The number of halogens is 1. The largest absolute Gasteiger partial charge is 0.383 e. The predicted molar refractivity (Wildman–Crippen MR) is 49.8 cm³/mol. The molecule has 0 radical (unpaired) electrons. The van der Waals surface area contributed by atoms with Gasteiger partial charge in [-0.2, -0.15) is 0 Å². The minimum absolute atomic E-state index is 0.190. The van der Waals surface area contributed by atoms with Crippen molar-refractivity contribution in [2.24, 2.45) is 0 Å². The molecule has 66 valence electrons. The Balaban J connectivity index is 2.58. The van der Waals surface area contributed by atoms with Crippen molar-refractivity contribution >= 4 is 5.69 Å². The molecule has 0 aliphatic heterocycles. The third-order valence-electron chi connectivity index (χ3n) is 1.87. The van der Waals surface area contributed by atoms with Crippen molar-refractivity contribution in [3.05, 3.63) is 30.1 Å². The van der Waals surface area contributed by atoms with Gasteiger partial charge in [-0.15, -0.1) is 0 Å². The zero-order valence-corrected chi connectivity index (χ0v) is 7.47. The van der Waals surface area contributed by atoms with Gasteiger partial charge in [0.1, 0.15) is 5.82 Å².